The van der Waals surface area contributed by atoms with Gasteiger partial charge in [-0.1, -0.05) is 24.3 Å². The third-order valence-corrected chi connectivity index (χ3v) is 2.32. The Kier molecular flexibility index (Phi) is 2.73. The van der Waals surface area contributed by atoms with Crippen molar-refractivity contribution in [2.24, 2.45) is 5.10 Å². The summed E-state index contributed by atoms with van der Waals surface area (Å²) < 4.78 is 2.00. The van der Waals surface area contributed by atoms with Crippen LogP contribution in [0.5, 0.6) is 0 Å². The van der Waals surface area contributed by atoms with Gasteiger partial charge in [0.1, 0.15) is 6.33 Å². The number of aromatic amines is 1. The lowest BCUT2D eigenvalue weighted by atomic mass is 10.1. The zero-order valence-corrected chi connectivity index (χ0v) is 9.03. The quantitative estimate of drug-likeness (QED) is 0.620. The summed E-state index contributed by atoms with van der Waals surface area (Å²) in [7, 11) is 0. The van der Waals surface area contributed by atoms with E-state index in [2.05, 4.69) is 15.3 Å². The molecule has 1 N–H and O–H groups in total. The van der Waals surface area contributed by atoms with Crippen LogP contribution in [0.1, 0.15) is 11.1 Å². The molecule has 15 heavy (non-hydrogen) atoms. The molecule has 1 aromatic heterocycles. The van der Waals surface area contributed by atoms with E-state index in [1.807, 2.05) is 31.2 Å². The van der Waals surface area contributed by atoms with Gasteiger partial charge in [-0.25, -0.2) is 0 Å². The Morgan fingerprint density at radius 2 is 2.27 bits per heavy atom. The Hall–Kier alpha value is -1.75. The predicted molar refractivity (Wildman–Crippen MR) is 61.6 cm³/mol. The van der Waals surface area contributed by atoms with Gasteiger partial charge in [0.2, 0.25) is 4.77 Å². The van der Waals surface area contributed by atoms with Crippen LogP contribution in [0.15, 0.2) is 35.7 Å². The van der Waals surface area contributed by atoms with Crippen LogP contribution in [0, 0.1) is 11.7 Å². The number of aromatic nitrogens is 3. The average Bonchev–Trinajstić information content (AvgIpc) is 2.63. The van der Waals surface area contributed by atoms with E-state index in [0.717, 1.165) is 5.56 Å². The van der Waals surface area contributed by atoms with E-state index in [-0.39, 0.29) is 0 Å². The van der Waals surface area contributed by atoms with Gasteiger partial charge in [0.15, 0.2) is 0 Å². The predicted octanol–water partition coefficient (Wildman–Crippen LogP) is 2.13. The zero-order valence-electron chi connectivity index (χ0n) is 8.21. The lowest BCUT2D eigenvalue weighted by molar-refractivity contribution is 0.862. The fourth-order valence-electron chi connectivity index (χ4n) is 1.18. The molecular weight excluding hydrogens is 208 g/mol. The van der Waals surface area contributed by atoms with Crippen molar-refractivity contribution in [3.8, 4) is 0 Å². The summed E-state index contributed by atoms with van der Waals surface area (Å²) in [5, 5.41) is 10.6. The molecule has 0 saturated carbocycles. The van der Waals surface area contributed by atoms with E-state index >= 15 is 0 Å². The number of benzene rings is 1. The van der Waals surface area contributed by atoms with Gasteiger partial charge in [-0.2, -0.15) is 14.9 Å². The minimum Gasteiger partial charge on any atom is -0.250 e. The van der Waals surface area contributed by atoms with Gasteiger partial charge in [0, 0.05) is 0 Å². The van der Waals surface area contributed by atoms with Crippen LogP contribution in [0.4, 0.5) is 0 Å². The molecule has 0 atom stereocenters. The van der Waals surface area contributed by atoms with Gasteiger partial charge in [-0.05, 0) is 30.3 Å². The third kappa shape index (κ3) is 2.19. The van der Waals surface area contributed by atoms with Gasteiger partial charge < -0.3 is 0 Å². The first kappa shape index (κ1) is 9.79. The van der Waals surface area contributed by atoms with Crippen molar-refractivity contribution in [3.05, 3.63) is 46.5 Å². The molecule has 0 radical (unpaired) electrons. The van der Waals surface area contributed by atoms with Crippen molar-refractivity contribution in [2.45, 2.75) is 6.92 Å². The lowest BCUT2D eigenvalue weighted by Crippen LogP contribution is -1.91. The number of aryl methyl sites for hydroxylation is 1. The van der Waals surface area contributed by atoms with Crippen LogP contribution in [-0.4, -0.2) is 21.1 Å². The maximum Gasteiger partial charge on any atom is 0.216 e. The van der Waals surface area contributed by atoms with Gasteiger partial charge in [0.05, 0.1) is 6.21 Å². The minimum absolute atomic E-state index is 0.486. The van der Waals surface area contributed by atoms with Crippen LogP contribution in [0.3, 0.4) is 0 Å². The van der Waals surface area contributed by atoms with E-state index in [1.54, 1.807) is 6.21 Å². The first-order chi connectivity index (χ1) is 7.27. The first-order valence-corrected chi connectivity index (χ1v) is 4.90. The maximum absolute atomic E-state index is 4.96. The van der Waals surface area contributed by atoms with Crippen LogP contribution >= 0.6 is 12.2 Å². The number of hydrogen-bond acceptors (Lipinski definition) is 3. The Morgan fingerprint density at radius 3 is 2.93 bits per heavy atom. The molecule has 4 nitrogen and oxygen atoms in total. The monoisotopic (exact) mass is 218 g/mol. The van der Waals surface area contributed by atoms with Crippen LogP contribution in [0.25, 0.3) is 0 Å². The summed E-state index contributed by atoms with van der Waals surface area (Å²) in [6.07, 6.45) is 3.30. The number of H-pyrrole nitrogens is 1. The van der Waals surface area contributed by atoms with E-state index in [9.17, 15) is 0 Å². The molecule has 0 bridgehead atoms. The van der Waals surface area contributed by atoms with Gasteiger partial charge >= 0.3 is 0 Å². The highest BCUT2D eigenvalue weighted by molar-refractivity contribution is 7.71. The molecule has 5 heteroatoms. The number of nitrogens with one attached hydrogen (secondary N) is 1. The molecule has 0 amide bonds. The molecule has 2 aromatic rings. The van der Waals surface area contributed by atoms with E-state index < -0.39 is 0 Å². The van der Waals surface area contributed by atoms with Crippen molar-refractivity contribution < 1.29 is 0 Å². The van der Waals surface area contributed by atoms with E-state index in [4.69, 9.17) is 12.2 Å². The second-order valence-corrected chi connectivity index (χ2v) is 3.49. The third-order valence-electron chi connectivity index (χ3n) is 2.05. The number of nitrogens with zero attached hydrogens (tertiary/aromatic N) is 3. The minimum atomic E-state index is 0.486. The summed E-state index contributed by atoms with van der Waals surface area (Å²) in [4.78, 5) is 0. The standard InChI is InChI=1S/C10H10N4S/c1-8-4-2-3-5-9(8)6-12-14-7-11-13-10(14)15/h2-7H,1H3,(H,13,15)/b12-6-. The Labute approximate surface area is 92.3 Å². The average molecular weight is 218 g/mol. The molecule has 0 fully saturated rings. The molecule has 0 aliphatic rings. The zero-order chi connectivity index (χ0) is 10.7. The molecule has 0 saturated heterocycles. The van der Waals surface area contributed by atoms with Crippen molar-refractivity contribution in [1.82, 2.24) is 14.9 Å². The van der Waals surface area contributed by atoms with Crippen molar-refractivity contribution in [2.75, 3.05) is 0 Å². The summed E-state index contributed by atoms with van der Waals surface area (Å²) in [6, 6.07) is 8.01. The highest BCUT2D eigenvalue weighted by Gasteiger charge is 1.92. The molecular formula is C10H10N4S. The summed E-state index contributed by atoms with van der Waals surface area (Å²) in [5.41, 5.74) is 2.25. The molecule has 0 aliphatic heterocycles. The topological polar surface area (TPSA) is 46.0 Å². The van der Waals surface area contributed by atoms with Gasteiger partial charge in [-0.15, -0.1) is 0 Å². The van der Waals surface area contributed by atoms with Crippen molar-refractivity contribution >= 4 is 18.4 Å². The summed E-state index contributed by atoms with van der Waals surface area (Å²) in [6.45, 7) is 2.04. The fraction of sp³-hybridized carbons (Fsp3) is 0.100. The van der Waals surface area contributed by atoms with E-state index in [0.29, 0.717) is 4.77 Å². The largest absolute Gasteiger partial charge is 0.250 e. The Morgan fingerprint density at radius 1 is 1.47 bits per heavy atom. The van der Waals surface area contributed by atoms with Crippen LogP contribution in [0.2, 0.25) is 0 Å². The van der Waals surface area contributed by atoms with E-state index in [1.165, 1.54) is 16.6 Å². The summed E-state index contributed by atoms with van der Waals surface area (Å²) in [5.74, 6) is 0. The van der Waals surface area contributed by atoms with Crippen LogP contribution in [-0.2, 0) is 0 Å². The molecule has 1 heterocycles. The normalized spacial score (nSPS) is 11.0. The van der Waals surface area contributed by atoms with Crippen molar-refractivity contribution in [3.63, 3.8) is 0 Å². The second-order valence-electron chi connectivity index (χ2n) is 3.11. The Bertz CT molecular complexity index is 538. The summed E-state index contributed by atoms with van der Waals surface area (Å²) >= 11 is 4.96. The first-order valence-electron chi connectivity index (χ1n) is 4.49. The highest BCUT2D eigenvalue weighted by Crippen LogP contribution is 2.03. The molecule has 2 rings (SSSR count). The molecule has 1 aromatic carbocycles. The molecule has 0 aliphatic carbocycles. The van der Waals surface area contributed by atoms with Gasteiger partial charge in [-0.3, -0.25) is 5.10 Å². The molecule has 0 unspecified atom stereocenters. The number of hydrogen-bond donors (Lipinski definition) is 1. The van der Waals surface area contributed by atoms with Crippen LogP contribution < -0.4 is 0 Å². The smallest absolute Gasteiger partial charge is 0.216 e. The highest BCUT2D eigenvalue weighted by atomic mass is 32.1. The second kappa shape index (κ2) is 4.18. The number of rotatable bonds is 2. The Balaban J connectivity index is 2.30. The van der Waals surface area contributed by atoms with Crippen molar-refractivity contribution in [1.29, 1.82) is 0 Å². The SMILES string of the molecule is Cc1ccccc1/C=N\n1cn[nH]c1=S. The molecule has 76 valence electrons. The lowest BCUT2D eigenvalue weighted by Gasteiger charge is -1.97. The maximum atomic E-state index is 4.96. The van der Waals surface area contributed by atoms with Gasteiger partial charge in [0.25, 0.3) is 0 Å². The molecule has 0 spiro atoms. The fourth-order valence-corrected chi connectivity index (χ4v) is 1.33.